The van der Waals surface area contributed by atoms with Crippen LogP contribution in [0.1, 0.15) is 5.56 Å². The largest absolute Gasteiger partial charge is 0.263 e. The van der Waals surface area contributed by atoms with Crippen molar-refractivity contribution in [1.82, 2.24) is 0 Å². The third kappa shape index (κ3) is 1.14. The predicted molar refractivity (Wildman–Crippen MR) is 81.9 cm³/mol. The van der Waals surface area contributed by atoms with Crippen molar-refractivity contribution in [3.05, 3.63) is 64.7 Å². The van der Waals surface area contributed by atoms with Gasteiger partial charge in [0.05, 0.1) is 11.0 Å². The topological polar surface area (TPSA) is 24.7 Å². The molecule has 3 aromatic rings. The molecule has 0 spiro atoms. The fraction of sp³-hybridized carbons (Fsp3) is 0. The molecular formula is C18H10N2. The SMILES string of the molecule is C1=NC=c2c1ccc1c3c(ccc21)-c1ccccc1N=3. The standard InChI is InChI=1S/C18H10N2/c1-2-4-17-13(3-1)15-8-7-12-14(18(15)20-17)6-5-11-9-19-10-16(11)12/h1-10H. The molecule has 92 valence electrons. The Bertz CT molecular complexity index is 1040. The molecule has 0 unspecified atom stereocenters. The molecule has 0 amide bonds. The van der Waals surface area contributed by atoms with Crippen molar-refractivity contribution in [2.24, 2.45) is 9.98 Å². The summed E-state index contributed by atoms with van der Waals surface area (Å²) in [5.74, 6) is 0. The molecule has 2 heterocycles. The van der Waals surface area contributed by atoms with Gasteiger partial charge in [0.1, 0.15) is 0 Å². The normalized spacial score (nSPS) is 13.6. The van der Waals surface area contributed by atoms with E-state index in [0.29, 0.717) is 0 Å². The zero-order valence-electron chi connectivity index (χ0n) is 10.7. The monoisotopic (exact) mass is 254 g/mol. The number of rotatable bonds is 0. The van der Waals surface area contributed by atoms with Crippen LogP contribution in [0.15, 0.2) is 58.5 Å². The Labute approximate surface area is 115 Å². The summed E-state index contributed by atoms with van der Waals surface area (Å²) in [6, 6.07) is 17.0. The van der Waals surface area contributed by atoms with Gasteiger partial charge in [-0.3, -0.25) is 4.99 Å². The van der Waals surface area contributed by atoms with Gasteiger partial charge in [-0.1, -0.05) is 42.5 Å². The fourth-order valence-corrected chi connectivity index (χ4v) is 3.14. The molecule has 0 aliphatic carbocycles. The maximum absolute atomic E-state index is 4.81. The van der Waals surface area contributed by atoms with Crippen molar-refractivity contribution in [3.8, 4) is 11.1 Å². The molecule has 2 aliphatic rings. The van der Waals surface area contributed by atoms with E-state index in [2.05, 4.69) is 47.5 Å². The zero-order valence-corrected chi connectivity index (χ0v) is 10.7. The summed E-state index contributed by atoms with van der Waals surface area (Å²) in [6.45, 7) is 0. The van der Waals surface area contributed by atoms with E-state index in [1.807, 2.05) is 18.5 Å². The Hall–Kier alpha value is -2.74. The van der Waals surface area contributed by atoms with Crippen molar-refractivity contribution >= 4 is 28.9 Å². The first-order chi connectivity index (χ1) is 9.92. The van der Waals surface area contributed by atoms with Gasteiger partial charge >= 0.3 is 0 Å². The molecule has 5 rings (SSSR count). The van der Waals surface area contributed by atoms with Gasteiger partial charge in [0.25, 0.3) is 0 Å². The van der Waals surface area contributed by atoms with Crippen LogP contribution in [0.2, 0.25) is 0 Å². The minimum absolute atomic E-state index is 1.07. The third-order valence-corrected chi connectivity index (χ3v) is 4.09. The number of para-hydroxylation sites is 1. The molecule has 2 heteroatoms. The van der Waals surface area contributed by atoms with Crippen molar-refractivity contribution < 1.29 is 0 Å². The summed E-state index contributed by atoms with van der Waals surface area (Å²) in [5, 5.41) is 4.73. The van der Waals surface area contributed by atoms with Crippen LogP contribution in [0.4, 0.5) is 5.69 Å². The first-order valence-corrected chi connectivity index (χ1v) is 6.69. The molecule has 0 aromatic heterocycles. The van der Waals surface area contributed by atoms with E-state index in [1.165, 1.54) is 32.7 Å². The van der Waals surface area contributed by atoms with Gasteiger partial charge in [-0.25, -0.2) is 4.99 Å². The summed E-state index contributed by atoms with van der Waals surface area (Å²) >= 11 is 0. The Morgan fingerprint density at radius 1 is 0.750 bits per heavy atom. The molecule has 2 nitrogen and oxygen atoms in total. The molecule has 0 radical (unpaired) electrons. The average Bonchev–Trinajstić information content (AvgIpc) is 3.11. The predicted octanol–water partition coefficient (Wildman–Crippen LogP) is 2.94. The quantitative estimate of drug-likeness (QED) is 0.461. The van der Waals surface area contributed by atoms with Crippen molar-refractivity contribution in [2.75, 3.05) is 0 Å². The highest BCUT2D eigenvalue weighted by atomic mass is 14.8. The maximum atomic E-state index is 4.81. The summed E-state index contributed by atoms with van der Waals surface area (Å²) in [7, 11) is 0. The van der Waals surface area contributed by atoms with Crippen molar-refractivity contribution in [2.45, 2.75) is 0 Å². The number of fused-ring (bicyclic) bond motifs is 7. The Morgan fingerprint density at radius 2 is 1.65 bits per heavy atom. The molecule has 0 atom stereocenters. The number of nitrogens with zero attached hydrogens (tertiary/aromatic N) is 2. The molecule has 0 N–H and O–H groups in total. The number of aliphatic imine (C=N–C) groups is 1. The van der Waals surface area contributed by atoms with Crippen LogP contribution >= 0.6 is 0 Å². The van der Waals surface area contributed by atoms with Gasteiger partial charge in [0.15, 0.2) is 0 Å². The molecule has 0 saturated carbocycles. The van der Waals surface area contributed by atoms with E-state index in [0.717, 1.165) is 11.0 Å². The molecule has 0 saturated heterocycles. The van der Waals surface area contributed by atoms with E-state index >= 15 is 0 Å². The first-order valence-electron chi connectivity index (χ1n) is 6.69. The lowest BCUT2D eigenvalue weighted by Gasteiger charge is -2.02. The molecule has 0 fully saturated rings. The number of hydrogen-bond donors (Lipinski definition) is 0. The minimum atomic E-state index is 1.07. The van der Waals surface area contributed by atoms with Gasteiger partial charge in [-0.2, -0.15) is 0 Å². The highest BCUT2D eigenvalue weighted by Crippen LogP contribution is 2.33. The second-order valence-electron chi connectivity index (χ2n) is 5.16. The summed E-state index contributed by atoms with van der Waals surface area (Å²) in [4.78, 5) is 9.07. The second kappa shape index (κ2) is 3.42. The fourth-order valence-electron chi connectivity index (χ4n) is 3.14. The van der Waals surface area contributed by atoms with Crippen LogP contribution in [0, 0.1) is 0 Å². The van der Waals surface area contributed by atoms with Gasteiger partial charge in [0.2, 0.25) is 0 Å². The Morgan fingerprint density at radius 3 is 2.65 bits per heavy atom. The molecule has 3 aromatic carbocycles. The van der Waals surface area contributed by atoms with E-state index < -0.39 is 0 Å². The van der Waals surface area contributed by atoms with Crippen molar-refractivity contribution in [3.63, 3.8) is 0 Å². The lowest BCUT2D eigenvalue weighted by molar-refractivity contribution is 1.45. The van der Waals surface area contributed by atoms with Crippen LogP contribution in [0.25, 0.3) is 28.1 Å². The van der Waals surface area contributed by atoms with Crippen LogP contribution in [-0.4, -0.2) is 6.21 Å². The highest BCUT2D eigenvalue weighted by Gasteiger charge is 2.15. The Balaban J connectivity index is 1.99. The zero-order chi connectivity index (χ0) is 13.1. The average molecular weight is 254 g/mol. The van der Waals surface area contributed by atoms with Crippen molar-refractivity contribution in [1.29, 1.82) is 0 Å². The summed E-state index contributed by atoms with van der Waals surface area (Å²) in [5.41, 5.74) is 4.71. The van der Waals surface area contributed by atoms with Crippen LogP contribution in [-0.2, 0) is 0 Å². The lowest BCUT2D eigenvalue weighted by Crippen LogP contribution is -2.12. The first kappa shape index (κ1) is 10.1. The van der Waals surface area contributed by atoms with Gasteiger partial charge in [0, 0.05) is 39.7 Å². The van der Waals surface area contributed by atoms with Crippen LogP contribution in [0.3, 0.4) is 0 Å². The molecule has 2 aliphatic heterocycles. The number of benzene rings is 3. The molecule has 0 bridgehead atoms. The van der Waals surface area contributed by atoms with E-state index in [-0.39, 0.29) is 0 Å². The van der Waals surface area contributed by atoms with E-state index in [4.69, 9.17) is 4.99 Å². The summed E-state index contributed by atoms with van der Waals surface area (Å²) in [6.07, 6.45) is 3.85. The minimum Gasteiger partial charge on any atom is -0.263 e. The Kier molecular flexibility index (Phi) is 1.73. The van der Waals surface area contributed by atoms with E-state index in [9.17, 15) is 0 Å². The molecular weight excluding hydrogens is 244 g/mol. The third-order valence-electron chi connectivity index (χ3n) is 4.09. The van der Waals surface area contributed by atoms with Gasteiger partial charge < -0.3 is 0 Å². The smallest absolute Gasteiger partial charge is 0.0794 e. The summed E-state index contributed by atoms with van der Waals surface area (Å²) < 4.78 is 0. The van der Waals surface area contributed by atoms with Crippen LogP contribution in [0.5, 0.6) is 0 Å². The maximum Gasteiger partial charge on any atom is 0.0794 e. The highest BCUT2D eigenvalue weighted by molar-refractivity contribution is 5.98. The van der Waals surface area contributed by atoms with E-state index in [1.54, 1.807) is 0 Å². The number of hydrogen-bond acceptors (Lipinski definition) is 2. The van der Waals surface area contributed by atoms with Gasteiger partial charge in [-0.05, 0) is 11.5 Å². The lowest BCUT2D eigenvalue weighted by atomic mass is 9.99. The van der Waals surface area contributed by atoms with Crippen LogP contribution < -0.4 is 10.6 Å². The molecule has 20 heavy (non-hydrogen) atoms. The van der Waals surface area contributed by atoms with Gasteiger partial charge in [-0.15, -0.1) is 0 Å². The second-order valence-corrected chi connectivity index (χ2v) is 5.16.